The Morgan fingerprint density at radius 3 is 2.26 bits per heavy atom. The quantitative estimate of drug-likeness (QED) is 0.810. The molecule has 0 saturated heterocycles. The number of carbonyl (C=O) groups excluding carboxylic acids is 1. The van der Waals surface area contributed by atoms with Crippen molar-refractivity contribution in [3.8, 4) is 11.5 Å². The summed E-state index contributed by atoms with van der Waals surface area (Å²) in [6, 6.07) is 10.7. The lowest BCUT2D eigenvalue weighted by Gasteiger charge is -2.10. The third-order valence-corrected chi connectivity index (χ3v) is 3.12. The van der Waals surface area contributed by atoms with E-state index in [0.717, 1.165) is 12.2 Å². The van der Waals surface area contributed by atoms with Gasteiger partial charge in [-0.1, -0.05) is 13.8 Å². The van der Waals surface area contributed by atoms with Gasteiger partial charge < -0.3 is 14.8 Å². The number of amides is 1. The van der Waals surface area contributed by atoms with Gasteiger partial charge in [0.1, 0.15) is 11.5 Å². The molecule has 122 valence electrons. The van der Waals surface area contributed by atoms with Gasteiger partial charge in [-0.25, -0.2) is 0 Å². The van der Waals surface area contributed by atoms with Crippen molar-refractivity contribution in [2.45, 2.75) is 20.3 Å². The minimum atomic E-state index is -0.214. The first-order valence-corrected chi connectivity index (χ1v) is 7.69. The average Bonchev–Trinajstić information content (AvgIpc) is 2.55. The molecular weight excluding hydrogens is 292 g/mol. The topological polar surface area (TPSA) is 60.5 Å². The lowest BCUT2D eigenvalue weighted by molar-refractivity contribution is -0.118. The van der Waals surface area contributed by atoms with E-state index in [1.54, 1.807) is 36.7 Å². The maximum atomic E-state index is 11.8. The third kappa shape index (κ3) is 6.38. The third-order valence-electron chi connectivity index (χ3n) is 3.12. The molecule has 0 bridgehead atoms. The van der Waals surface area contributed by atoms with Crippen LogP contribution in [0.25, 0.3) is 0 Å². The van der Waals surface area contributed by atoms with Crippen molar-refractivity contribution in [2.24, 2.45) is 5.92 Å². The number of rotatable bonds is 8. The molecule has 5 heteroatoms. The lowest BCUT2D eigenvalue weighted by Crippen LogP contribution is -2.20. The zero-order valence-corrected chi connectivity index (χ0v) is 13.5. The number of hydrogen-bond donors (Lipinski definition) is 1. The first-order valence-electron chi connectivity index (χ1n) is 7.69. The van der Waals surface area contributed by atoms with Crippen LogP contribution in [0.1, 0.15) is 20.3 Å². The highest BCUT2D eigenvalue weighted by atomic mass is 16.5. The first-order chi connectivity index (χ1) is 11.1. The monoisotopic (exact) mass is 314 g/mol. The van der Waals surface area contributed by atoms with E-state index in [4.69, 9.17) is 9.47 Å². The number of pyridine rings is 1. The van der Waals surface area contributed by atoms with Crippen molar-refractivity contribution in [3.63, 3.8) is 0 Å². The number of aromatic nitrogens is 1. The van der Waals surface area contributed by atoms with Crippen LogP contribution < -0.4 is 14.8 Å². The minimum Gasteiger partial charge on any atom is -0.494 e. The molecule has 1 aromatic heterocycles. The molecule has 0 fully saturated rings. The zero-order valence-electron chi connectivity index (χ0n) is 13.5. The van der Waals surface area contributed by atoms with Crippen molar-refractivity contribution in [2.75, 3.05) is 18.5 Å². The highest BCUT2D eigenvalue weighted by molar-refractivity contribution is 5.91. The molecule has 1 aromatic carbocycles. The molecule has 0 aliphatic rings. The van der Waals surface area contributed by atoms with E-state index in [0.29, 0.717) is 24.0 Å². The fourth-order valence-corrected chi connectivity index (χ4v) is 1.83. The van der Waals surface area contributed by atoms with Crippen LogP contribution in [0.3, 0.4) is 0 Å². The number of ether oxygens (including phenoxy) is 2. The van der Waals surface area contributed by atoms with Crippen molar-refractivity contribution >= 4 is 11.6 Å². The molecule has 2 rings (SSSR count). The number of carbonyl (C=O) groups is 1. The summed E-state index contributed by atoms with van der Waals surface area (Å²) in [7, 11) is 0. The summed E-state index contributed by atoms with van der Waals surface area (Å²) >= 11 is 0. The van der Waals surface area contributed by atoms with E-state index in [1.807, 2.05) is 12.1 Å². The Morgan fingerprint density at radius 2 is 1.65 bits per heavy atom. The molecule has 0 aliphatic heterocycles. The van der Waals surface area contributed by atoms with E-state index < -0.39 is 0 Å². The Labute approximate surface area is 136 Å². The summed E-state index contributed by atoms with van der Waals surface area (Å²) in [5, 5.41) is 2.73. The molecule has 0 atom stereocenters. The normalized spacial score (nSPS) is 10.4. The number of hydrogen-bond acceptors (Lipinski definition) is 4. The molecule has 0 unspecified atom stereocenters. The van der Waals surface area contributed by atoms with E-state index in [9.17, 15) is 4.79 Å². The van der Waals surface area contributed by atoms with E-state index in [-0.39, 0.29) is 12.5 Å². The smallest absolute Gasteiger partial charge is 0.262 e. The van der Waals surface area contributed by atoms with Crippen LogP contribution in [0.5, 0.6) is 11.5 Å². The zero-order chi connectivity index (χ0) is 16.5. The van der Waals surface area contributed by atoms with Crippen LogP contribution >= 0.6 is 0 Å². The highest BCUT2D eigenvalue weighted by Crippen LogP contribution is 2.18. The van der Waals surface area contributed by atoms with Gasteiger partial charge in [0, 0.05) is 18.1 Å². The second kappa shape index (κ2) is 8.78. The molecule has 0 aliphatic carbocycles. The van der Waals surface area contributed by atoms with E-state index >= 15 is 0 Å². The Hall–Kier alpha value is -2.56. The fraction of sp³-hybridized carbons (Fsp3) is 0.333. The summed E-state index contributed by atoms with van der Waals surface area (Å²) in [4.78, 5) is 15.7. The van der Waals surface area contributed by atoms with Crippen LogP contribution in [0.4, 0.5) is 5.69 Å². The molecule has 0 saturated carbocycles. The minimum absolute atomic E-state index is 0.0458. The average molecular weight is 314 g/mol. The van der Waals surface area contributed by atoms with Gasteiger partial charge in [0.2, 0.25) is 0 Å². The Kier molecular flexibility index (Phi) is 6.41. The van der Waals surface area contributed by atoms with Gasteiger partial charge in [-0.3, -0.25) is 9.78 Å². The lowest BCUT2D eigenvalue weighted by atomic mass is 10.1. The molecule has 2 aromatic rings. The van der Waals surface area contributed by atoms with Gasteiger partial charge >= 0.3 is 0 Å². The summed E-state index contributed by atoms with van der Waals surface area (Å²) in [6.07, 6.45) is 4.26. The van der Waals surface area contributed by atoms with Crippen LogP contribution in [-0.4, -0.2) is 24.1 Å². The van der Waals surface area contributed by atoms with Gasteiger partial charge in [0.25, 0.3) is 5.91 Å². The van der Waals surface area contributed by atoms with Crippen molar-refractivity contribution in [1.82, 2.24) is 4.98 Å². The molecule has 1 heterocycles. The molecule has 0 radical (unpaired) electrons. The van der Waals surface area contributed by atoms with Crippen LogP contribution in [0.2, 0.25) is 0 Å². The van der Waals surface area contributed by atoms with Crippen molar-refractivity contribution < 1.29 is 14.3 Å². The van der Waals surface area contributed by atoms with Crippen LogP contribution in [-0.2, 0) is 4.79 Å². The SMILES string of the molecule is CC(C)CCOc1ccc(OCC(=O)Nc2ccncc2)cc1. The van der Waals surface area contributed by atoms with Crippen molar-refractivity contribution in [3.05, 3.63) is 48.8 Å². The van der Waals surface area contributed by atoms with Crippen LogP contribution in [0, 0.1) is 5.92 Å². The Balaban J connectivity index is 1.74. The highest BCUT2D eigenvalue weighted by Gasteiger charge is 2.04. The molecule has 0 spiro atoms. The first kappa shape index (κ1) is 16.8. The van der Waals surface area contributed by atoms with Gasteiger partial charge in [0.05, 0.1) is 6.61 Å². The Morgan fingerprint density at radius 1 is 1.04 bits per heavy atom. The summed E-state index contributed by atoms with van der Waals surface area (Å²) in [5.74, 6) is 1.84. The molecule has 23 heavy (non-hydrogen) atoms. The maximum absolute atomic E-state index is 11.8. The van der Waals surface area contributed by atoms with E-state index in [1.165, 1.54) is 0 Å². The molecule has 1 N–H and O–H groups in total. The predicted octanol–water partition coefficient (Wildman–Crippen LogP) is 3.52. The van der Waals surface area contributed by atoms with Gasteiger partial charge in [0.15, 0.2) is 6.61 Å². The van der Waals surface area contributed by atoms with Crippen molar-refractivity contribution in [1.29, 1.82) is 0 Å². The second-order valence-corrected chi connectivity index (χ2v) is 5.58. The van der Waals surface area contributed by atoms with Gasteiger partial charge in [-0.2, -0.15) is 0 Å². The Bertz CT molecular complexity index is 597. The van der Waals surface area contributed by atoms with E-state index in [2.05, 4.69) is 24.1 Å². The summed E-state index contributed by atoms with van der Waals surface area (Å²) in [6.45, 7) is 4.98. The molecule has 5 nitrogen and oxygen atoms in total. The predicted molar refractivity (Wildman–Crippen MR) is 89.8 cm³/mol. The molecular formula is C18H22N2O3. The van der Waals surface area contributed by atoms with Crippen LogP contribution in [0.15, 0.2) is 48.8 Å². The number of anilines is 1. The summed E-state index contributed by atoms with van der Waals surface area (Å²) < 4.78 is 11.1. The maximum Gasteiger partial charge on any atom is 0.262 e. The second-order valence-electron chi connectivity index (χ2n) is 5.58. The molecule has 1 amide bonds. The van der Waals surface area contributed by atoms with Gasteiger partial charge in [-0.15, -0.1) is 0 Å². The fourth-order valence-electron chi connectivity index (χ4n) is 1.83. The summed E-state index contributed by atoms with van der Waals surface area (Å²) in [5.41, 5.74) is 0.697. The standard InChI is InChI=1S/C18H22N2O3/c1-14(2)9-12-22-16-3-5-17(6-4-16)23-13-18(21)20-15-7-10-19-11-8-15/h3-8,10-11,14H,9,12-13H2,1-2H3,(H,19,20,21). The number of nitrogens with one attached hydrogen (secondary N) is 1. The largest absolute Gasteiger partial charge is 0.494 e. The van der Waals surface area contributed by atoms with Gasteiger partial charge in [-0.05, 0) is 48.7 Å². The number of nitrogens with zero attached hydrogens (tertiary/aromatic N) is 1. The number of benzene rings is 1.